The number of para-hydroxylation sites is 1. The van der Waals surface area contributed by atoms with Crippen molar-refractivity contribution in [1.82, 2.24) is 20.6 Å². The fraction of sp³-hybridized carbons (Fsp3) is 0.250. The molecule has 37 heavy (non-hydrogen) atoms. The first-order valence-electron chi connectivity index (χ1n) is 12.5. The summed E-state index contributed by atoms with van der Waals surface area (Å²) in [6.07, 6.45) is 1.72. The summed E-state index contributed by atoms with van der Waals surface area (Å²) in [7, 11) is 0. The molecule has 3 aromatic carbocycles. The molecule has 2 aliphatic rings. The van der Waals surface area contributed by atoms with Crippen LogP contribution in [0.15, 0.2) is 82.6 Å². The first-order valence-corrected chi connectivity index (χ1v) is 13.4. The Labute approximate surface area is 219 Å². The summed E-state index contributed by atoms with van der Waals surface area (Å²) in [6, 6.07) is 25.1. The van der Waals surface area contributed by atoms with Gasteiger partial charge < -0.3 is 27.0 Å². The van der Waals surface area contributed by atoms with E-state index in [4.69, 9.17) is 15.7 Å². The molecule has 0 radical (unpaired) electrons. The molecule has 0 spiro atoms. The average Bonchev–Trinajstić information content (AvgIpc) is 3.45. The van der Waals surface area contributed by atoms with Crippen LogP contribution in [0.1, 0.15) is 24.0 Å². The number of anilines is 2. The molecule has 2 fully saturated rings. The number of benzene rings is 3. The third-order valence-electron chi connectivity index (χ3n) is 6.96. The predicted molar refractivity (Wildman–Crippen MR) is 148 cm³/mol. The van der Waals surface area contributed by atoms with Crippen LogP contribution in [-0.2, 0) is 13.1 Å². The van der Waals surface area contributed by atoms with Gasteiger partial charge in [-0.3, -0.25) is 0 Å². The monoisotopic (exact) mass is 511 g/mol. The molecule has 1 aliphatic heterocycles. The molecule has 2 amide bonds. The Morgan fingerprint density at radius 2 is 1.51 bits per heavy atom. The number of aromatic nitrogens is 2. The second-order valence-corrected chi connectivity index (χ2v) is 10.5. The third kappa shape index (κ3) is 5.05. The summed E-state index contributed by atoms with van der Waals surface area (Å²) in [4.78, 5) is 23.6. The molecule has 1 aromatic heterocycles. The highest BCUT2D eigenvalue weighted by Gasteiger charge is 2.40. The number of hydrogen-bond acceptors (Lipinski definition) is 7. The lowest BCUT2D eigenvalue weighted by Gasteiger charge is -2.17. The van der Waals surface area contributed by atoms with Crippen LogP contribution in [0.4, 0.5) is 16.6 Å². The minimum absolute atomic E-state index is 0.0719. The van der Waals surface area contributed by atoms with Crippen molar-refractivity contribution >= 4 is 40.5 Å². The molecular weight excluding hydrogens is 482 g/mol. The zero-order valence-corrected chi connectivity index (χ0v) is 21.1. The Bertz CT molecular complexity index is 1430. The van der Waals surface area contributed by atoms with Gasteiger partial charge in [-0.1, -0.05) is 60.3 Å². The molecule has 6 rings (SSSR count). The number of nitrogens with zero attached hydrogens (tertiary/aromatic N) is 2. The average molecular weight is 512 g/mol. The number of hydrogen-bond donors (Lipinski definition) is 5. The fourth-order valence-corrected chi connectivity index (χ4v) is 6.21. The zero-order chi connectivity index (χ0) is 25.2. The lowest BCUT2D eigenvalue weighted by molar-refractivity contribution is 0.246. The maximum absolute atomic E-state index is 11.6. The lowest BCUT2D eigenvalue weighted by Crippen LogP contribution is -2.30. The summed E-state index contributed by atoms with van der Waals surface area (Å²) in [5.74, 6) is 1.39. The fourth-order valence-electron chi connectivity index (χ4n) is 5.13. The second kappa shape index (κ2) is 10.3. The quantitative estimate of drug-likeness (QED) is 0.237. The van der Waals surface area contributed by atoms with Crippen molar-refractivity contribution in [2.75, 3.05) is 10.6 Å². The number of urea groups is 1. The smallest absolute Gasteiger partial charge is 0.315 e. The van der Waals surface area contributed by atoms with Gasteiger partial charge in [0.25, 0.3) is 0 Å². The van der Waals surface area contributed by atoms with Crippen LogP contribution in [0.3, 0.4) is 0 Å². The minimum atomic E-state index is -0.0719. The van der Waals surface area contributed by atoms with E-state index in [1.54, 1.807) is 11.8 Å². The van der Waals surface area contributed by atoms with Crippen molar-refractivity contribution in [2.24, 2.45) is 5.73 Å². The van der Waals surface area contributed by atoms with Crippen LogP contribution in [-0.4, -0.2) is 34.1 Å². The number of fused-ring (bicyclic) bond motifs is 2. The van der Waals surface area contributed by atoms with Gasteiger partial charge in [-0.25, -0.2) is 9.78 Å². The molecule has 0 bridgehead atoms. The molecule has 2 heterocycles. The van der Waals surface area contributed by atoms with E-state index in [0.717, 1.165) is 45.6 Å². The van der Waals surface area contributed by atoms with Gasteiger partial charge in [0, 0.05) is 34.3 Å². The predicted octanol–water partition coefficient (Wildman–Crippen LogP) is 4.48. The van der Waals surface area contributed by atoms with Gasteiger partial charge >= 0.3 is 6.03 Å². The number of carbonyl (C=O) groups excluding carboxylic acids is 1. The number of amides is 2. The molecule has 9 heteroatoms. The topological polar surface area (TPSA) is 117 Å². The summed E-state index contributed by atoms with van der Waals surface area (Å²) >= 11 is 1.73. The standard InChI is InChI=1S/C28H29N7OS/c29-15-17-7-1-5-11-24(17)37-25-12-6-2-8-18(25)16-30-27-32-21-10-4-3-9-20(21)26(35-27)31-19-13-22-23(14-19)34-28(36)33-22/h1-12,19,22-23H,13-16,29H2,(H2,33,34,36)(H2,30,31,32,35). The van der Waals surface area contributed by atoms with Crippen LogP contribution in [0.2, 0.25) is 0 Å². The van der Waals surface area contributed by atoms with Gasteiger partial charge in [0.1, 0.15) is 5.82 Å². The Morgan fingerprint density at radius 3 is 2.27 bits per heavy atom. The van der Waals surface area contributed by atoms with Gasteiger partial charge in [0.05, 0.1) is 17.6 Å². The Kier molecular flexibility index (Phi) is 6.55. The van der Waals surface area contributed by atoms with Crippen molar-refractivity contribution in [2.45, 2.75) is 53.8 Å². The molecule has 2 unspecified atom stereocenters. The van der Waals surface area contributed by atoms with E-state index in [2.05, 4.69) is 51.6 Å². The van der Waals surface area contributed by atoms with Crippen molar-refractivity contribution < 1.29 is 4.79 Å². The number of carbonyl (C=O) groups is 1. The number of nitrogens with one attached hydrogen (secondary N) is 4. The molecule has 4 aromatic rings. The highest BCUT2D eigenvalue weighted by Crippen LogP contribution is 2.33. The zero-order valence-electron chi connectivity index (χ0n) is 20.3. The second-order valence-electron chi connectivity index (χ2n) is 9.43. The molecule has 1 aliphatic carbocycles. The molecule has 6 N–H and O–H groups in total. The number of rotatable bonds is 8. The SMILES string of the molecule is NCc1ccccc1Sc1ccccc1CNc1nc(NC2CC3NC(=O)NC3C2)c2ccccc2n1. The van der Waals surface area contributed by atoms with Gasteiger partial charge in [-0.05, 0) is 48.2 Å². The Hall–Kier alpha value is -3.82. The van der Waals surface area contributed by atoms with Crippen LogP contribution < -0.4 is 27.0 Å². The highest BCUT2D eigenvalue weighted by molar-refractivity contribution is 7.99. The van der Waals surface area contributed by atoms with Crippen molar-refractivity contribution in [3.63, 3.8) is 0 Å². The number of nitrogens with two attached hydrogens (primary N) is 1. The van der Waals surface area contributed by atoms with E-state index in [1.165, 1.54) is 4.90 Å². The molecule has 1 saturated carbocycles. The lowest BCUT2D eigenvalue weighted by atomic mass is 10.2. The van der Waals surface area contributed by atoms with E-state index in [9.17, 15) is 4.79 Å². The molecule has 2 atom stereocenters. The van der Waals surface area contributed by atoms with Gasteiger partial charge in [0.15, 0.2) is 0 Å². The Balaban J connectivity index is 1.21. The highest BCUT2D eigenvalue weighted by atomic mass is 32.2. The van der Waals surface area contributed by atoms with Gasteiger partial charge in [0.2, 0.25) is 5.95 Å². The van der Waals surface area contributed by atoms with Crippen LogP contribution in [0, 0.1) is 0 Å². The van der Waals surface area contributed by atoms with E-state index in [1.807, 2.05) is 42.5 Å². The van der Waals surface area contributed by atoms with Crippen LogP contribution in [0.5, 0.6) is 0 Å². The van der Waals surface area contributed by atoms with Crippen LogP contribution >= 0.6 is 11.8 Å². The van der Waals surface area contributed by atoms with Gasteiger partial charge in [-0.15, -0.1) is 0 Å². The van der Waals surface area contributed by atoms with E-state index in [0.29, 0.717) is 19.0 Å². The molecule has 8 nitrogen and oxygen atoms in total. The molecule has 188 valence electrons. The van der Waals surface area contributed by atoms with E-state index >= 15 is 0 Å². The summed E-state index contributed by atoms with van der Waals surface area (Å²) < 4.78 is 0. The first-order chi connectivity index (χ1) is 18.2. The van der Waals surface area contributed by atoms with Crippen molar-refractivity contribution in [1.29, 1.82) is 0 Å². The maximum atomic E-state index is 11.6. The third-order valence-corrected chi connectivity index (χ3v) is 8.20. The van der Waals surface area contributed by atoms with Crippen LogP contribution in [0.25, 0.3) is 10.9 Å². The normalized spacial score (nSPS) is 20.4. The first kappa shape index (κ1) is 23.6. The largest absolute Gasteiger partial charge is 0.366 e. The van der Waals surface area contributed by atoms with Crippen molar-refractivity contribution in [3.8, 4) is 0 Å². The Morgan fingerprint density at radius 1 is 0.865 bits per heavy atom. The van der Waals surface area contributed by atoms with E-state index in [-0.39, 0.29) is 24.2 Å². The minimum Gasteiger partial charge on any atom is -0.366 e. The molecule has 1 saturated heterocycles. The maximum Gasteiger partial charge on any atom is 0.315 e. The summed E-state index contributed by atoms with van der Waals surface area (Å²) in [6.45, 7) is 1.10. The van der Waals surface area contributed by atoms with Gasteiger partial charge in [-0.2, -0.15) is 4.98 Å². The summed E-state index contributed by atoms with van der Waals surface area (Å²) in [5, 5.41) is 14.1. The summed E-state index contributed by atoms with van der Waals surface area (Å²) in [5.41, 5.74) is 9.14. The molecular formula is C28H29N7OS. The van der Waals surface area contributed by atoms with E-state index < -0.39 is 0 Å². The van der Waals surface area contributed by atoms with Crippen molar-refractivity contribution in [3.05, 3.63) is 83.9 Å².